The van der Waals surface area contributed by atoms with Crippen molar-refractivity contribution in [1.82, 2.24) is 9.88 Å². The fourth-order valence-corrected chi connectivity index (χ4v) is 4.99. The third-order valence-corrected chi connectivity index (χ3v) is 7.05. The Morgan fingerprint density at radius 3 is 2.83 bits per heavy atom. The van der Waals surface area contributed by atoms with Gasteiger partial charge in [-0.25, -0.2) is 0 Å². The van der Waals surface area contributed by atoms with Gasteiger partial charge in [0.05, 0.1) is 24.6 Å². The monoisotopic (exact) mass is 412 g/mol. The van der Waals surface area contributed by atoms with Gasteiger partial charge in [-0.05, 0) is 80.3 Å². The number of benzene rings is 1. The number of methoxy groups -OCH3 is 1. The maximum absolute atomic E-state index is 11.9. The van der Waals surface area contributed by atoms with Crippen molar-refractivity contribution in [2.24, 2.45) is 17.8 Å². The Morgan fingerprint density at radius 1 is 1.30 bits per heavy atom. The van der Waals surface area contributed by atoms with Crippen LogP contribution in [0.4, 0.5) is 0 Å². The van der Waals surface area contributed by atoms with Gasteiger partial charge in [-0.2, -0.15) is 0 Å². The van der Waals surface area contributed by atoms with Gasteiger partial charge in [0.2, 0.25) is 0 Å². The molecule has 6 heteroatoms. The van der Waals surface area contributed by atoms with Crippen LogP contribution in [0.3, 0.4) is 0 Å². The smallest absolute Gasteiger partial charge is 0.308 e. The second kappa shape index (κ2) is 9.31. The number of hydrogen-bond donors (Lipinski definition) is 2. The third kappa shape index (κ3) is 4.60. The van der Waals surface area contributed by atoms with Crippen LogP contribution in [0.15, 0.2) is 30.5 Å². The quantitative estimate of drug-likeness (QED) is 0.685. The van der Waals surface area contributed by atoms with Crippen LogP contribution in [-0.2, 0) is 4.79 Å². The molecule has 162 valence electrons. The fourth-order valence-electron chi connectivity index (χ4n) is 4.99. The van der Waals surface area contributed by atoms with Crippen LogP contribution < -0.4 is 4.74 Å². The van der Waals surface area contributed by atoms with Crippen molar-refractivity contribution in [2.45, 2.75) is 44.6 Å². The average Bonchev–Trinajstić information content (AvgIpc) is 2.74. The summed E-state index contributed by atoms with van der Waals surface area (Å²) in [4.78, 5) is 18.7. The van der Waals surface area contributed by atoms with Gasteiger partial charge in [-0.1, -0.05) is 6.42 Å². The maximum atomic E-state index is 11.9. The molecule has 1 aromatic carbocycles. The van der Waals surface area contributed by atoms with Gasteiger partial charge in [-0.15, -0.1) is 0 Å². The fraction of sp³-hybridized carbons (Fsp3) is 0.583. The zero-order valence-corrected chi connectivity index (χ0v) is 17.7. The first-order valence-corrected chi connectivity index (χ1v) is 11.1. The van der Waals surface area contributed by atoms with Crippen LogP contribution in [0, 0.1) is 17.8 Å². The highest BCUT2D eigenvalue weighted by Crippen LogP contribution is 2.35. The summed E-state index contributed by atoms with van der Waals surface area (Å²) in [7, 11) is 1.62. The van der Waals surface area contributed by atoms with Crippen molar-refractivity contribution in [2.75, 3.05) is 26.7 Å². The maximum Gasteiger partial charge on any atom is 0.308 e. The van der Waals surface area contributed by atoms with E-state index in [9.17, 15) is 15.0 Å². The average molecular weight is 413 g/mol. The molecule has 1 aliphatic carbocycles. The standard InChI is InChI=1S/C24H32N2O4/c1-30-18-6-7-22-20(13-18)19(9-11-25-22)23(27)8-5-17-10-12-26(14-16-3-2-4-16)15-21(17)24(28)29/h6-7,9,11,13,16-17,21,23,27H,2-5,8,10,12,14-15H2,1H3,(H,28,29)/t17-,21+,23+/m1/s1. The van der Waals surface area contributed by atoms with Gasteiger partial charge in [-0.3, -0.25) is 9.78 Å². The Morgan fingerprint density at radius 2 is 2.13 bits per heavy atom. The number of aliphatic carboxylic acids is 1. The molecule has 1 aromatic heterocycles. The number of nitrogens with zero attached hydrogens (tertiary/aromatic N) is 2. The number of aliphatic hydroxyl groups is 1. The zero-order valence-electron chi connectivity index (χ0n) is 17.7. The summed E-state index contributed by atoms with van der Waals surface area (Å²) in [5, 5.41) is 21.6. The Hall–Kier alpha value is -2.18. The van der Waals surface area contributed by atoms with Crippen molar-refractivity contribution < 1.29 is 19.7 Å². The number of fused-ring (bicyclic) bond motifs is 1. The number of rotatable bonds is 8. The molecule has 2 heterocycles. The number of hydrogen-bond acceptors (Lipinski definition) is 5. The molecule has 6 nitrogen and oxygen atoms in total. The van der Waals surface area contributed by atoms with E-state index >= 15 is 0 Å². The lowest BCUT2D eigenvalue weighted by molar-refractivity contribution is -0.146. The molecule has 4 rings (SSSR count). The van der Waals surface area contributed by atoms with Crippen molar-refractivity contribution in [1.29, 1.82) is 0 Å². The van der Waals surface area contributed by atoms with Crippen molar-refractivity contribution in [3.63, 3.8) is 0 Å². The van der Waals surface area contributed by atoms with Crippen molar-refractivity contribution in [3.8, 4) is 5.75 Å². The number of aliphatic hydroxyl groups excluding tert-OH is 1. The van der Waals surface area contributed by atoms with E-state index in [2.05, 4.69) is 9.88 Å². The largest absolute Gasteiger partial charge is 0.497 e. The second-order valence-electron chi connectivity index (χ2n) is 8.93. The number of carboxylic acids is 1. The molecular weight excluding hydrogens is 380 g/mol. The number of likely N-dealkylation sites (tertiary alicyclic amines) is 1. The predicted molar refractivity (Wildman–Crippen MR) is 116 cm³/mol. The zero-order chi connectivity index (χ0) is 21.1. The molecule has 0 spiro atoms. The molecule has 2 N–H and O–H groups in total. The molecule has 0 unspecified atom stereocenters. The minimum atomic E-state index is -0.702. The van der Waals surface area contributed by atoms with Crippen LogP contribution in [-0.4, -0.2) is 52.8 Å². The van der Waals surface area contributed by atoms with Crippen LogP contribution in [0.2, 0.25) is 0 Å². The molecule has 0 radical (unpaired) electrons. The first-order chi connectivity index (χ1) is 14.5. The molecule has 2 aromatic rings. The molecule has 1 saturated heterocycles. The molecule has 1 aliphatic heterocycles. The molecule has 0 bridgehead atoms. The molecular formula is C24H32N2O4. The van der Waals surface area contributed by atoms with Crippen LogP contribution >= 0.6 is 0 Å². The molecule has 1 saturated carbocycles. The predicted octanol–water partition coefficient (Wildman–Crippen LogP) is 3.88. The second-order valence-corrected chi connectivity index (χ2v) is 8.93. The topological polar surface area (TPSA) is 82.9 Å². The molecule has 2 fully saturated rings. The van der Waals surface area contributed by atoms with E-state index < -0.39 is 12.1 Å². The number of piperidine rings is 1. The first kappa shape index (κ1) is 21.1. The molecule has 3 atom stereocenters. The summed E-state index contributed by atoms with van der Waals surface area (Å²) in [6.45, 7) is 2.66. The third-order valence-electron chi connectivity index (χ3n) is 7.05. The van der Waals surface area contributed by atoms with Gasteiger partial charge in [0, 0.05) is 24.7 Å². The van der Waals surface area contributed by atoms with E-state index in [1.54, 1.807) is 13.3 Å². The summed E-state index contributed by atoms with van der Waals surface area (Å²) >= 11 is 0. The van der Waals surface area contributed by atoms with Gasteiger partial charge < -0.3 is 19.8 Å². The van der Waals surface area contributed by atoms with E-state index in [0.29, 0.717) is 19.4 Å². The van der Waals surface area contributed by atoms with Gasteiger partial charge >= 0.3 is 5.97 Å². The number of pyridine rings is 1. The van der Waals surface area contributed by atoms with Gasteiger partial charge in [0.1, 0.15) is 5.75 Å². The highest BCUT2D eigenvalue weighted by atomic mass is 16.5. The van der Waals surface area contributed by atoms with E-state index in [1.165, 1.54) is 19.3 Å². The Balaban J connectivity index is 1.41. The summed E-state index contributed by atoms with van der Waals surface area (Å²) in [6.07, 6.45) is 7.11. The number of ether oxygens (including phenoxy) is 1. The van der Waals surface area contributed by atoms with E-state index in [4.69, 9.17) is 4.74 Å². The van der Waals surface area contributed by atoms with E-state index in [-0.39, 0.29) is 11.8 Å². The minimum absolute atomic E-state index is 0.109. The Labute approximate surface area is 177 Å². The summed E-state index contributed by atoms with van der Waals surface area (Å²) in [6, 6.07) is 7.51. The normalized spacial score (nSPS) is 23.8. The molecule has 0 amide bonds. The minimum Gasteiger partial charge on any atom is -0.497 e. The first-order valence-electron chi connectivity index (χ1n) is 11.1. The Kier molecular flexibility index (Phi) is 6.54. The SMILES string of the molecule is COc1ccc2nccc([C@@H](O)CC[C@@H]3CCN(CC4CCC4)C[C@@H]3C(=O)O)c2c1. The lowest BCUT2D eigenvalue weighted by Crippen LogP contribution is -2.46. The lowest BCUT2D eigenvalue weighted by atomic mass is 9.79. The lowest BCUT2D eigenvalue weighted by Gasteiger charge is -2.40. The van der Waals surface area contributed by atoms with Gasteiger partial charge in [0.25, 0.3) is 0 Å². The van der Waals surface area contributed by atoms with Crippen molar-refractivity contribution in [3.05, 3.63) is 36.0 Å². The summed E-state index contributed by atoms with van der Waals surface area (Å²) in [5.41, 5.74) is 1.65. The molecule has 30 heavy (non-hydrogen) atoms. The molecule has 2 aliphatic rings. The van der Waals surface area contributed by atoms with Crippen LogP contribution in [0.1, 0.15) is 50.2 Å². The number of carboxylic acid groups (broad SMARTS) is 1. The highest BCUT2D eigenvalue weighted by Gasteiger charge is 2.35. The van der Waals surface area contributed by atoms with E-state index in [1.807, 2.05) is 24.3 Å². The number of carbonyl (C=O) groups is 1. The summed E-state index contributed by atoms with van der Waals surface area (Å²) < 4.78 is 5.32. The van der Waals surface area contributed by atoms with Gasteiger partial charge in [0.15, 0.2) is 0 Å². The van der Waals surface area contributed by atoms with Crippen LogP contribution in [0.5, 0.6) is 5.75 Å². The van der Waals surface area contributed by atoms with Crippen molar-refractivity contribution >= 4 is 16.9 Å². The number of aromatic nitrogens is 1. The highest BCUT2D eigenvalue weighted by molar-refractivity contribution is 5.83. The summed E-state index contributed by atoms with van der Waals surface area (Å²) in [5.74, 6) is 0.549. The Bertz CT molecular complexity index is 883. The van der Waals surface area contributed by atoms with E-state index in [0.717, 1.165) is 47.6 Å². The van der Waals surface area contributed by atoms with Crippen LogP contribution in [0.25, 0.3) is 10.9 Å².